The van der Waals surface area contributed by atoms with Gasteiger partial charge in [0.2, 0.25) is 6.10 Å². The minimum Gasteiger partial charge on any atom is -0.463 e. The summed E-state index contributed by atoms with van der Waals surface area (Å²) in [7, 11) is -5.95. The number of aliphatic hydroxyl groups is 1. The van der Waals surface area contributed by atoms with Gasteiger partial charge in [-0.05, 0) is 202 Å². The summed E-state index contributed by atoms with van der Waals surface area (Å²) < 4.78 is 88.7. The summed E-state index contributed by atoms with van der Waals surface area (Å²) >= 11 is 0. The van der Waals surface area contributed by atoms with Crippen LogP contribution in [0.5, 0.6) is 0 Å². The number of hydrogen-bond acceptors (Lipinski definition) is 13. The Morgan fingerprint density at radius 1 is 0.765 bits per heavy atom. The van der Waals surface area contributed by atoms with Crippen molar-refractivity contribution in [2.45, 2.75) is 193 Å². The number of esters is 5. The molecule has 81 heavy (non-hydrogen) atoms. The van der Waals surface area contributed by atoms with Gasteiger partial charge in [0.25, 0.3) is 0 Å². The molecule has 1 aliphatic heterocycles. The largest absolute Gasteiger partial charge is 0.463 e. The zero-order chi connectivity index (χ0) is 58.2. The molecular weight excluding hydrogens is 1080 g/mol. The Labute approximate surface area is 478 Å². The Morgan fingerprint density at radius 3 is 1.81 bits per heavy atom. The number of fused-ring (bicyclic) bond motifs is 2. The van der Waals surface area contributed by atoms with E-state index in [2.05, 4.69) is 97.9 Å². The molecule has 11 rings (SSSR count). The molecule has 18 heteroatoms. The maximum Gasteiger partial charge on any atom is 0.402 e. The molecule has 8 aliphatic rings. The minimum atomic E-state index is -5.94. The van der Waals surface area contributed by atoms with Gasteiger partial charge in [-0.15, -0.1) is 0 Å². The van der Waals surface area contributed by atoms with E-state index in [4.69, 9.17) is 28.2 Å². The minimum absolute atomic E-state index is 0.0146. The van der Waals surface area contributed by atoms with Crippen LogP contribution in [0.2, 0.25) is 0 Å². The van der Waals surface area contributed by atoms with Crippen LogP contribution < -0.4 is 0 Å². The van der Waals surface area contributed by atoms with E-state index in [0.717, 1.165) is 38.5 Å². The van der Waals surface area contributed by atoms with Crippen molar-refractivity contribution in [2.75, 3.05) is 13.2 Å². The van der Waals surface area contributed by atoms with Gasteiger partial charge in [0, 0.05) is 12.8 Å². The van der Waals surface area contributed by atoms with Crippen LogP contribution in [-0.2, 0) is 68.7 Å². The fraction of sp³-hybridized carbons (Fsp3) is 0.635. The fourth-order valence-electron chi connectivity index (χ4n) is 15.6. The lowest BCUT2D eigenvalue weighted by Crippen LogP contribution is -2.61. The third kappa shape index (κ3) is 14.0. The number of rotatable bonds is 21. The first-order chi connectivity index (χ1) is 38.2. The first kappa shape index (κ1) is 60.7. The van der Waals surface area contributed by atoms with Gasteiger partial charge in [-0.2, -0.15) is 17.2 Å². The molecular formula is C63H81F2O14S2+. The van der Waals surface area contributed by atoms with Crippen molar-refractivity contribution in [2.24, 2.45) is 58.2 Å². The normalized spacial score (nSPS) is 29.7. The van der Waals surface area contributed by atoms with E-state index >= 15 is 4.79 Å². The smallest absolute Gasteiger partial charge is 0.402 e. The molecule has 3 aromatic rings. The maximum absolute atomic E-state index is 15.1. The number of alkyl halides is 2. The van der Waals surface area contributed by atoms with Crippen molar-refractivity contribution >= 4 is 50.9 Å². The van der Waals surface area contributed by atoms with E-state index < -0.39 is 104 Å². The highest BCUT2D eigenvalue weighted by Gasteiger charge is 2.61. The number of carbonyl (C=O) groups is 5. The summed E-state index contributed by atoms with van der Waals surface area (Å²) in [5.74, 6) is -4.57. The Balaban J connectivity index is 0.000000349. The lowest BCUT2D eigenvalue weighted by molar-refractivity contribution is -0.227. The molecule has 3 aromatic carbocycles. The van der Waals surface area contributed by atoms with E-state index in [1.165, 1.54) is 35.5 Å². The molecule has 7 aliphatic carbocycles. The second-order valence-electron chi connectivity index (χ2n) is 26.2. The highest BCUT2D eigenvalue weighted by molar-refractivity contribution is 7.97. The third-order valence-corrected chi connectivity index (χ3v) is 22.1. The van der Waals surface area contributed by atoms with Crippen LogP contribution in [0.25, 0.3) is 0 Å². The Kier molecular flexibility index (Phi) is 18.0. The predicted octanol–water partition coefficient (Wildman–Crippen LogP) is 11.7. The molecule has 0 aromatic heterocycles. The van der Waals surface area contributed by atoms with Gasteiger partial charge in [0.05, 0.1) is 45.8 Å². The monoisotopic (exact) mass is 1160 g/mol. The number of carbonyl (C=O) groups excluding carboxylic acids is 5. The molecule has 6 bridgehead atoms. The van der Waals surface area contributed by atoms with E-state index in [1.54, 1.807) is 0 Å². The number of cyclic esters (lactones) is 1. The number of halogens is 2. The molecule has 14 nitrogen and oxygen atoms in total. The van der Waals surface area contributed by atoms with Crippen molar-refractivity contribution in [1.82, 2.24) is 0 Å². The van der Waals surface area contributed by atoms with Crippen LogP contribution >= 0.6 is 0 Å². The van der Waals surface area contributed by atoms with Gasteiger partial charge in [-0.1, -0.05) is 61.5 Å². The zero-order valence-corrected chi connectivity index (χ0v) is 49.0. The first-order valence-electron chi connectivity index (χ1n) is 29.1. The summed E-state index contributed by atoms with van der Waals surface area (Å²) in [6.07, 6.45) is 8.02. The molecule has 8 fully saturated rings. The van der Waals surface area contributed by atoms with E-state index in [-0.39, 0.29) is 60.9 Å². The van der Waals surface area contributed by atoms with Crippen molar-refractivity contribution in [3.63, 3.8) is 0 Å². The number of ether oxygens (including phenoxy) is 5. The van der Waals surface area contributed by atoms with Gasteiger partial charge >= 0.3 is 45.2 Å². The molecule has 1 heterocycles. The number of hydrogen-bond donors (Lipinski definition) is 2. The summed E-state index contributed by atoms with van der Waals surface area (Å²) in [6.45, 7) is 6.28. The topological polar surface area (TPSA) is 206 Å². The Hall–Kier alpha value is -4.91. The molecule has 0 amide bonds. The van der Waals surface area contributed by atoms with Gasteiger partial charge in [-0.25, -0.2) is 4.79 Å². The first-order valence-corrected chi connectivity index (χ1v) is 31.8. The molecule has 0 spiro atoms. The lowest BCUT2D eigenvalue weighted by atomic mass is 9.52. The second-order valence-corrected chi connectivity index (χ2v) is 29.8. The molecule has 2 N–H and O–H groups in total. The maximum atomic E-state index is 15.1. The van der Waals surface area contributed by atoms with Crippen molar-refractivity contribution in [3.05, 3.63) is 91.0 Å². The van der Waals surface area contributed by atoms with E-state index in [1.807, 2.05) is 6.92 Å². The summed E-state index contributed by atoms with van der Waals surface area (Å²) in [4.78, 5) is 74.4. The Bertz CT molecular complexity index is 2740. The molecule has 0 radical (unpaired) electrons. The predicted molar refractivity (Wildman–Crippen MR) is 297 cm³/mol. The Morgan fingerprint density at radius 2 is 1.32 bits per heavy atom. The number of benzene rings is 3. The molecule has 10 unspecified atom stereocenters. The van der Waals surface area contributed by atoms with Crippen LogP contribution in [-0.4, -0.2) is 89.3 Å². The summed E-state index contributed by atoms with van der Waals surface area (Å²) in [5, 5.41) is 6.72. The standard InChI is InChI=1S/C45H66F2O14S.C18H15S/c1-26-29-8-9-30(15-29)33(26)17-31(36(49)60-42(5)11-6-7-12-42)16-32(35(48)59-34-10-13-57-37(34)50)22-41(4,23-40(2,3)38(51)58-25-45(46,47)62(54,55)56)39(52)61-44-20-27-14-28(21-44)19-43(53,18-27)24-44;1-4-10-16(11-5-1)19(17-12-6-2-7-13-17)18-14-8-3-9-15-18/h26-34,53H,6-25H2,1-5H3,(H,54,55,56);1-15H/q;+1. The van der Waals surface area contributed by atoms with E-state index in [9.17, 15) is 41.5 Å². The van der Waals surface area contributed by atoms with Crippen molar-refractivity contribution in [3.8, 4) is 0 Å². The molecule has 442 valence electrons. The molecule has 1 saturated heterocycles. The van der Waals surface area contributed by atoms with Crippen LogP contribution in [0.1, 0.15) is 150 Å². The van der Waals surface area contributed by atoms with Gasteiger partial charge in [0.15, 0.2) is 21.3 Å². The van der Waals surface area contributed by atoms with Crippen LogP contribution in [0.3, 0.4) is 0 Å². The van der Waals surface area contributed by atoms with Gasteiger partial charge in [0.1, 0.15) is 11.2 Å². The van der Waals surface area contributed by atoms with Crippen LogP contribution in [0.15, 0.2) is 106 Å². The average Bonchev–Trinajstić information content (AvgIpc) is 4.42. The second kappa shape index (κ2) is 24.0. The lowest BCUT2D eigenvalue weighted by Gasteiger charge is -2.59. The molecule has 7 saturated carbocycles. The summed E-state index contributed by atoms with van der Waals surface area (Å²) in [5.41, 5.74) is -6.35. The average molecular weight is 1160 g/mol. The van der Waals surface area contributed by atoms with Crippen LogP contribution in [0, 0.1) is 58.2 Å². The van der Waals surface area contributed by atoms with Gasteiger partial charge < -0.3 is 28.8 Å². The highest BCUT2D eigenvalue weighted by atomic mass is 32.2. The zero-order valence-electron chi connectivity index (χ0n) is 47.4. The van der Waals surface area contributed by atoms with Gasteiger partial charge in [-0.3, -0.25) is 23.7 Å². The van der Waals surface area contributed by atoms with Crippen LogP contribution in [0.4, 0.5) is 8.78 Å². The highest BCUT2D eigenvalue weighted by Crippen LogP contribution is 2.60. The fourth-order valence-corrected chi connectivity index (χ4v) is 17.9. The molecule has 10 atom stereocenters. The van der Waals surface area contributed by atoms with E-state index in [0.29, 0.717) is 62.7 Å². The SMILES string of the molecule is CC1C2CCC(C2)C1CC(CC(CC(C)(CC(C)(C)C(=O)OCC(F)(F)S(=O)(=O)O)C(=O)OC12CC3CC(CC(O)(C3)C1)C2)C(=O)OC1CCOC1=O)C(=O)OC1(C)CCCC1.c1ccc([S+](c2ccccc2)c2ccccc2)cc1. The quantitative estimate of drug-likeness (QED) is 0.0441. The van der Waals surface area contributed by atoms with Crippen molar-refractivity contribution < 1.29 is 74.5 Å². The summed E-state index contributed by atoms with van der Waals surface area (Å²) in [6, 6.07) is 32.2. The third-order valence-electron chi connectivity index (χ3n) is 19.0. The van der Waals surface area contributed by atoms with Crippen molar-refractivity contribution in [1.29, 1.82) is 0 Å².